The summed E-state index contributed by atoms with van der Waals surface area (Å²) in [4.78, 5) is 39.9. The highest BCUT2D eigenvalue weighted by molar-refractivity contribution is 14.1. The van der Waals surface area contributed by atoms with E-state index in [9.17, 15) is 19.5 Å². The van der Waals surface area contributed by atoms with Crippen molar-refractivity contribution >= 4 is 52.0 Å². The first-order valence-corrected chi connectivity index (χ1v) is 18.2. The van der Waals surface area contributed by atoms with Crippen LogP contribution in [0.3, 0.4) is 0 Å². The van der Waals surface area contributed by atoms with Crippen molar-refractivity contribution in [2.24, 2.45) is 17.8 Å². The van der Waals surface area contributed by atoms with Crippen molar-refractivity contribution in [3.05, 3.63) is 98.6 Å². The molecule has 0 bridgehead atoms. The quantitative estimate of drug-likeness (QED) is 0.0539. The Kier molecular flexibility index (Phi) is 11.6. The van der Waals surface area contributed by atoms with E-state index in [1.165, 1.54) is 12.0 Å². The smallest absolute Gasteiger partial charge is 0.303 e. The van der Waals surface area contributed by atoms with Crippen molar-refractivity contribution in [1.29, 1.82) is 0 Å². The molecular formula is C40H42INO8. The Hall–Kier alpha value is -4.16. The van der Waals surface area contributed by atoms with E-state index in [-0.39, 0.29) is 36.0 Å². The van der Waals surface area contributed by atoms with Gasteiger partial charge in [0.1, 0.15) is 12.4 Å². The number of hydrogen-bond acceptors (Lipinski definition) is 7. The van der Waals surface area contributed by atoms with Crippen LogP contribution >= 0.6 is 22.6 Å². The molecule has 0 unspecified atom stereocenters. The largest absolute Gasteiger partial charge is 0.504 e. The summed E-state index contributed by atoms with van der Waals surface area (Å²) in [5, 5.41) is 19.4. The summed E-state index contributed by atoms with van der Waals surface area (Å²) in [6.07, 6.45) is 5.48. The highest BCUT2D eigenvalue weighted by atomic mass is 127. The van der Waals surface area contributed by atoms with E-state index in [1.54, 1.807) is 0 Å². The fourth-order valence-corrected chi connectivity index (χ4v) is 8.20. The number of carbonyl (C=O) groups excluding carboxylic acids is 2. The first-order valence-electron chi connectivity index (χ1n) is 17.2. The van der Waals surface area contributed by atoms with Crippen molar-refractivity contribution in [1.82, 2.24) is 4.90 Å². The van der Waals surface area contributed by atoms with Crippen LogP contribution in [0.2, 0.25) is 0 Å². The monoisotopic (exact) mass is 791 g/mol. The molecule has 0 saturated carbocycles. The SMILES string of the molecule is COc1cc(/C=C(/CC[C@H]2OC[C@H]3C2=C(COc2ccccc2)C[C@H]2C(=O)N(CCCCCC(=O)O)C(=O)[C@H]23)c2ccccc2)cc(I)c1O. The molecule has 2 fully saturated rings. The number of unbranched alkanes of at least 4 members (excludes halogenated alkanes) is 2. The topological polar surface area (TPSA) is 123 Å². The normalized spacial score (nSPS) is 21.7. The molecule has 10 heteroatoms. The maximum absolute atomic E-state index is 13.9. The second kappa shape index (κ2) is 16.2. The van der Waals surface area contributed by atoms with Gasteiger partial charge in [0.15, 0.2) is 11.5 Å². The Morgan fingerprint density at radius 2 is 1.72 bits per heavy atom. The van der Waals surface area contributed by atoms with Crippen LogP contribution in [0.5, 0.6) is 17.2 Å². The molecule has 3 aromatic carbocycles. The molecule has 50 heavy (non-hydrogen) atoms. The summed E-state index contributed by atoms with van der Waals surface area (Å²) < 4.78 is 18.9. The predicted octanol–water partition coefficient (Wildman–Crippen LogP) is 7.37. The fraction of sp³-hybridized carbons (Fsp3) is 0.375. The third-order valence-electron chi connectivity index (χ3n) is 9.96. The Bertz CT molecular complexity index is 1770. The molecule has 2 heterocycles. The standard InChI is InChI=1S/C40H42INO8/c1-48-34-21-25(20-32(41)38(34)45)19-27(26-11-5-2-6-12-26)16-17-33-36-28(23-49-29-13-7-3-8-14-29)22-30-37(31(36)24-50-33)40(47)42(39(30)46)18-10-4-9-15-35(43)44/h2-3,5-8,11-14,19-21,30-31,33,37,45H,4,9-10,15-18,22-24H2,1H3,(H,43,44)/b27-19-/t30-,31+,33-,37-/m1/s1. The summed E-state index contributed by atoms with van der Waals surface area (Å²) in [7, 11) is 1.54. The molecule has 2 N–H and O–H groups in total. The number of halogens is 1. The number of carboxylic acid groups (broad SMARTS) is 1. The van der Waals surface area contributed by atoms with E-state index < -0.39 is 17.8 Å². The van der Waals surface area contributed by atoms with Crippen LogP contribution in [0.25, 0.3) is 11.6 Å². The first kappa shape index (κ1) is 35.7. The van der Waals surface area contributed by atoms with Crippen molar-refractivity contribution in [2.75, 3.05) is 26.9 Å². The minimum Gasteiger partial charge on any atom is -0.504 e. The van der Waals surface area contributed by atoms with E-state index in [4.69, 9.17) is 19.3 Å². The molecule has 2 saturated heterocycles. The maximum Gasteiger partial charge on any atom is 0.303 e. The van der Waals surface area contributed by atoms with Crippen molar-refractivity contribution < 1.29 is 38.8 Å². The summed E-state index contributed by atoms with van der Waals surface area (Å²) in [5.41, 5.74) is 5.18. The molecule has 9 nitrogen and oxygen atoms in total. The molecule has 262 valence electrons. The van der Waals surface area contributed by atoms with Crippen LogP contribution in [0.15, 0.2) is 83.9 Å². The minimum absolute atomic E-state index is 0.0790. The number of rotatable bonds is 15. The van der Waals surface area contributed by atoms with E-state index in [0.717, 1.165) is 33.6 Å². The maximum atomic E-state index is 13.9. The number of imide groups is 1. The zero-order chi connectivity index (χ0) is 35.2. The van der Waals surface area contributed by atoms with Crippen LogP contribution in [0, 0.1) is 21.3 Å². The average Bonchev–Trinajstić information content (AvgIpc) is 3.65. The number of aliphatic carboxylic acids is 1. The van der Waals surface area contributed by atoms with Gasteiger partial charge in [-0.25, -0.2) is 0 Å². The van der Waals surface area contributed by atoms with Crippen molar-refractivity contribution in [2.45, 2.75) is 51.0 Å². The Morgan fingerprint density at radius 3 is 2.44 bits per heavy atom. The number of para-hydroxylation sites is 1. The molecule has 3 aliphatic rings. The minimum atomic E-state index is -0.842. The molecule has 3 aromatic rings. The van der Waals surface area contributed by atoms with E-state index in [0.29, 0.717) is 67.6 Å². The van der Waals surface area contributed by atoms with Gasteiger partial charge in [-0.15, -0.1) is 0 Å². The van der Waals surface area contributed by atoms with Gasteiger partial charge in [0, 0.05) is 18.9 Å². The number of fused-ring (bicyclic) bond motifs is 3. The van der Waals surface area contributed by atoms with Crippen molar-refractivity contribution in [3.63, 3.8) is 0 Å². The van der Waals surface area contributed by atoms with Crippen LogP contribution in [-0.2, 0) is 19.1 Å². The van der Waals surface area contributed by atoms with Gasteiger partial charge >= 0.3 is 5.97 Å². The lowest BCUT2D eigenvalue weighted by atomic mass is 9.69. The van der Waals surface area contributed by atoms with Gasteiger partial charge in [-0.1, -0.05) is 61.0 Å². The number of likely N-dealkylation sites (tertiary alicyclic amines) is 1. The van der Waals surface area contributed by atoms with Gasteiger partial charge in [0.2, 0.25) is 11.8 Å². The lowest BCUT2D eigenvalue weighted by molar-refractivity contribution is -0.141. The Labute approximate surface area is 306 Å². The number of hydrogen-bond donors (Lipinski definition) is 2. The number of methoxy groups -OCH3 is 1. The molecule has 2 amide bonds. The van der Waals surface area contributed by atoms with Crippen LogP contribution in [0.1, 0.15) is 56.1 Å². The first-order chi connectivity index (χ1) is 24.2. The summed E-state index contributed by atoms with van der Waals surface area (Å²) in [6, 6.07) is 23.5. The lowest BCUT2D eigenvalue weighted by Crippen LogP contribution is -2.35. The van der Waals surface area contributed by atoms with Gasteiger partial charge in [0.05, 0.1) is 35.2 Å². The van der Waals surface area contributed by atoms with Crippen molar-refractivity contribution in [3.8, 4) is 17.2 Å². The lowest BCUT2D eigenvalue weighted by Gasteiger charge is -2.32. The third kappa shape index (κ3) is 7.91. The molecule has 4 atom stereocenters. The number of nitrogens with zero attached hydrogens (tertiary/aromatic N) is 1. The van der Waals surface area contributed by atoms with Gasteiger partial charge in [0.25, 0.3) is 0 Å². The number of phenols is 1. The number of allylic oxidation sites excluding steroid dienone is 1. The zero-order valence-corrected chi connectivity index (χ0v) is 30.2. The number of amides is 2. The molecule has 2 aliphatic heterocycles. The predicted molar refractivity (Wildman–Crippen MR) is 198 cm³/mol. The average molecular weight is 792 g/mol. The van der Waals surface area contributed by atoms with Crippen LogP contribution < -0.4 is 9.47 Å². The van der Waals surface area contributed by atoms with Gasteiger partial charge in [-0.2, -0.15) is 0 Å². The summed E-state index contributed by atoms with van der Waals surface area (Å²) in [6.45, 7) is 0.973. The number of phenolic OH excluding ortho intramolecular Hbond substituents is 1. The molecular weight excluding hydrogens is 749 g/mol. The Balaban J connectivity index is 1.26. The van der Waals surface area contributed by atoms with Gasteiger partial charge in [-0.05, 0) is 107 Å². The van der Waals surface area contributed by atoms with Gasteiger partial charge < -0.3 is 24.4 Å². The highest BCUT2D eigenvalue weighted by Crippen LogP contribution is 2.50. The zero-order valence-electron chi connectivity index (χ0n) is 28.1. The second-order valence-electron chi connectivity index (χ2n) is 13.1. The second-order valence-corrected chi connectivity index (χ2v) is 14.2. The summed E-state index contributed by atoms with van der Waals surface area (Å²) >= 11 is 2.10. The molecule has 0 aromatic heterocycles. The van der Waals surface area contributed by atoms with Crippen LogP contribution in [-0.4, -0.2) is 65.9 Å². The summed E-state index contributed by atoms with van der Waals surface area (Å²) in [5.74, 6) is -1.02. The highest BCUT2D eigenvalue weighted by Gasteiger charge is 2.56. The number of carboxylic acids is 1. The van der Waals surface area contributed by atoms with E-state index in [1.807, 2.05) is 60.7 Å². The number of ether oxygens (including phenoxy) is 3. The molecule has 1 aliphatic carbocycles. The Morgan fingerprint density at radius 1 is 0.980 bits per heavy atom. The molecule has 0 radical (unpaired) electrons. The fourth-order valence-electron chi connectivity index (χ4n) is 7.57. The van der Waals surface area contributed by atoms with Crippen LogP contribution in [0.4, 0.5) is 0 Å². The molecule has 0 spiro atoms. The number of benzene rings is 3. The van der Waals surface area contributed by atoms with Gasteiger partial charge in [-0.3, -0.25) is 19.3 Å². The molecule has 6 rings (SSSR count). The van der Waals surface area contributed by atoms with E-state index in [2.05, 4.69) is 40.8 Å². The number of carbonyl (C=O) groups is 3. The number of aromatic hydroxyl groups is 1. The van der Waals surface area contributed by atoms with E-state index >= 15 is 0 Å². The third-order valence-corrected chi connectivity index (χ3v) is 10.8.